The first-order valence-corrected chi connectivity index (χ1v) is 6.88. The Hall–Kier alpha value is -2.14. The first-order valence-electron chi connectivity index (χ1n) is 6.88. The quantitative estimate of drug-likeness (QED) is 0.883. The minimum absolute atomic E-state index is 0.0803. The maximum Gasteiger partial charge on any atom is 0.254 e. The van der Waals surface area contributed by atoms with Crippen molar-refractivity contribution in [3.63, 3.8) is 0 Å². The number of fused-ring (bicyclic) bond motifs is 1. The normalized spacial score (nSPS) is 13.2. The number of hydrogen-bond acceptors (Lipinski definition) is 3. The summed E-state index contributed by atoms with van der Waals surface area (Å²) >= 11 is 0. The van der Waals surface area contributed by atoms with Crippen LogP contribution in [0.2, 0.25) is 0 Å². The lowest BCUT2D eigenvalue weighted by molar-refractivity contribution is 0.0951. The highest BCUT2D eigenvalue weighted by Gasteiger charge is 2.11. The van der Waals surface area contributed by atoms with Crippen LogP contribution in [0.1, 0.15) is 34.0 Å². The second-order valence-corrected chi connectivity index (χ2v) is 4.97. The third kappa shape index (κ3) is 2.58. The van der Waals surface area contributed by atoms with Gasteiger partial charge >= 0.3 is 0 Å². The standard InChI is InChI=1S/C15H18N4O/c1-2-19-10-14(9-18-19)15(20)17-6-11-3-4-12-7-16-8-13(12)5-11/h3-5,9-10,16H,2,6-8H2,1H3,(H,17,20). The number of carbonyl (C=O) groups excluding carboxylic acids is 1. The molecule has 0 saturated heterocycles. The lowest BCUT2D eigenvalue weighted by Crippen LogP contribution is -2.22. The fourth-order valence-electron chi connectivity index (χ4n) is 2.40. The van der Waals surface area contributed by atoms with E-state index in [1.807, 2.05) is 6.92 Å². The summed E-state index contributed by atoms with van der Waals surface area (Å²) in [6.07, 6.45) is 3.37. The van der Waals surface area contributed by atoms with Crippen LogP contribution in [0.4, 0.5) is 0 Å². The van der Waals surface area contributed by atoms with Gasteiger partial charge in [0.05, 0.1) is 11.8 Å². The number of aryl methyl sites for hydroxylation is 1. The van der Waals surface area contributed by atoms with Crippen molar-refractivity contribution >= 4 is 5.91 Å². The van der Waals surface area contributed by atoms with Crippen LogP contribution in [0.5, 0.6) is 0 Å². The number of rotatable bonds is 4. The van der Waals surface area contributed by atoms with Gasteiger partial charge in [0.1, 0.15) is 0 Å². The van der Waals surface area contributed by atoms with Crippen LogP contribution < -0.4 is 10.6 Å². The summed E-state index contributed by atoms with van der Waals surface area (Å²) in [5.41, 5.74) is 4.42. The van der Waals surface area contributed by atoms with Gasteiger partial charge < -0.3 is 10.6 Å². The second-order valence-electron chi connectivity index (χ2n) is 4.97. The zero-order chi connectivity index (χ0) is 13.9. The third-order valence-corrected chi connectivity index (χ3v) is 3.57. The van der Waals surface area contributed by atoms with E-state index in [0.29, 0.717) is 12.1 Å². The third-order valence-electron chi connectivity index (χ3n) is 3.57. The Morgan fingerprint density at radius 2 is 2.25 bits per heavy atom. The molecule has 0 atom stereocenters. The number of nitrogens with one attached hydrogen (secondary N) is 2. The number of carbonyl (C=O) groups is 1. The molecule has 0 unspecified atom stereocenters. The van der Waals surface area contributed by atoms with Gasteiger partial charge in [0.15, 0.2) is 0 Å². The van der Waals surface area contributed by atoms with E-state index in [0.717, 1.165) is 25.2 Å². The van der Waals surface area contributed by atoms with Crippen molar-refractivity contribution in [2.24, 2.45) is 0 Å². The fraction of sp³-hybridized carbons (Fsp3) is 0.333. The van der Waals surface area contributed by atoms with Crippen molar-refractivity contribution in [1.29, 1.82) is 0 Å². The monoisotopic (exact) mass is 270 g/mol. The van der Waals surface area contributed by atoms with E-state index in [1.54, 1.807) is 17.1 Å². The van der Waals surface area contributed by atoms with Gasteiger partial charge in [-0.2, -0.15) is 5.10 Å². The Balaban J connectivity index is 1.63. The average molecular weight is 270 g/mol. The smallest absolute Gasteiger partial charge is 0.254 e. The SMILES string of the molecule is CCn1cc(C(=O)NCc2ccc3c(c2)CNC3)cn1. The first-order chi connectivity index (χ1) is 9.76. The van der Waals surface area contributed by atoms with Crippen LogP contribution in [0.25, 0.3) is 0 Å². The highest BCUT2D eigenvalue weighted by molar-refractivity contribution is 5.93. The highest BCUT2D eigenvalue weighted by Crippen LogP contribution is 2.16. The van der Waals surface area contributed by atoms with Gasteiger partial charge in [-0.15, -0.1) is 0 Å². The summed E-state index contributed by atoms with van der Waals surface area (Å²) in [5.74, 6) is -0.0803. The van der Waals surface area contributed by atoms with Gasteiger partial charge in [-0.3, -0.25) is 9.48 Å². The first kappa shape index (κ1) is 12.9. The number of nitrogens with zero attached hydrogens (tertiary/aromatic N) is 2. The van der Waals surface area contributed by atoms with Gasteiger partial charge in [-0.25, -0.2) is 0 Å². The molecule has 0 fully saturated rings. The molecule has 2 heterocycles. The molecule has 0 saturated carbocycles. The van der Waals surface area contributed by atoms with Crippen LogP contribution in [0, 0.1) is 0 Å². The fourth-order valence-corrected chi connectivity index (χ4v) is 2.40. The van der Waals surface area contributed by atoms with E-state index in [-0.39, 0.29) is 5.91 Å². The van der Waals surface area contributed by atoms with Crippen molar-refractivity contribution in [3.05, 3.63) is 52.8 Å². The zero-order valence-corrected chi connectivity index (χ0v) is 11.5. The molecule has 5 nitrogen and oxygen atoms in total. The molecular weight excluding hydrogens is 252 g/mol. The lowest BCUT2D eigenvalue weighted by atomic mass is 10.1. The molecule has 1 aromatic carbocycles. The molecule has 0 radical (unpaired) electrons. The van der Waals surface area contributed by atoms with Crippen LogP contribution in [0.15, 0.2) is 30.6 Å². The molecule has 2 N–H and O–H groups in total. The van der Waals surface area contributed by atoms with Gasteiger partial charge in [0.25, 0.3) is 5.91 Å². The molecule has 1 aliphatic heterocycles. The predicted molar refractivity (Wildman–Crippen MR) is 76.1 cm³/mol. The van der Waals surface area contributed by atoms with Crippen molar-refractivity contribution in [1.82, 2.24) is 20.4 Å². The largest absolute Gasteiger partial charge is 0.348 e. The summed E-state index contributed by atoms with van der Waals surface area (Å²) in [6, 6.07) is 6.36. The zero-order valence-electron chi connectivity index (χ0n) is 11.5. The van der Waals surface area contributed by atoms with Crippen molar-refractivity contribution < 1.29 is 4.79 Å². The number of benzene rings is 1. The summed E-state index contributed by atoms with van der Waals surface area (Å²) in [4.78, 5) is 12.0. The van der Waals surface area contributed by atoms with E-state index < -0.39 is 0 Å². The topological polar surface area (TPSA) is 59.0 Å². The minimum atomic E-state index is -0.0803. The lowest BCUT2D eigenvalue weighted by Gasteiger charge is -2.06. The highest BCUT2D eigenvalue weighted by atomic mass is 16.1. The molecule has 0 spiro atoms. The maximum absolute atomic E-state index is 12.0. The summed E-state index contributed by atoms with van der Waals surface area (Å²) in [7, 11) is 0. The van der Waals surface area contributed by atoms with E-state index >= 15 is 0 Å². The van der Waals surface area contributed by atoms with E-state index in [2.05, 4.69) is 33.9 Å². The molecule has 2 aromatic rings. The van der Waals surface area contributed by atoms with Gasteiger partial charge in [0, 0.05) is 32.4 Å². The molecule has 20 heavy (non-hydrogen) atoms. The molecular formula is C15H18N4O. The van der Waals surface area contributed by atoms with Crippen LogP contribution in [0.3, 0.4) is 0 Å². The Bertz CT molecular complexity index is 633. The minimum Gasteiger partial charge on any atom is -0.348 e. The summed E-state index contributed by atoms with van der Waals surface area (Å²) in [5, 5.41) is 10.4. The molecule has 3 rings (SSSR count). The Morgan fingerprint density at radius 3 is 3.05 bits per heavy atom. The molecule has 1 amide bonds. The number of hydrogen-bond donors (Lipinski definition) is 2. The Morgan fingerprint density at radius 1 is 1.40 bits per heavy atom. The average Bonchev–Trinajstić information content (AvgIpc) is 3.12. The predicted octanol–water partition coefficient (Wildman–Crippen LogP) is 1.44. The van der Waals surface area contributed by atoms with Gasteiger partial charge in [0.2, 0.25) is 0 Å². The maximum atomic E-state index is 12.0. The van der Waals surface area contributed by atoms with Crippen molar-refractivity contribution in [3.8, 4) is 0 Å². The molecule has 1 aliphatic rings. The second kappa shape index (κ2) is 5.46. The van der Waals surface area contributed by atoms with E-state index in [1.165, 1.54) is 11.1 Å². The molecule has 104 valence electrons. The molecule has 5 heteroatoms. The molecule has 1 aromatic heterocycles. The number of amides is 1. The molecule has 0 bridgehead atoms. The van der Waals surface area contributed by atoms with Crippen molar-refractivity contribution in [2.75, 3.05) is 0 Å². The van der Waals surface area contributed by atoms with E-state index in [9.17, 15) is 4.79 Å². The van der Waals surface area contributed by atoms with Crippen molar-refractivity contribution in [2.45, 2.75) is 33.1 Å². The summed E-state index contributed by atoms with van der Waals surface area (Å²) < 4.78 is 1.75. The van der Waals surface area contributed by atoms with Crippen LogP contribution >= 0.6 is 0 Å². The summed E-state index contributed by atoms with van der Waals surface area (Å²) in [6.45, 7) is 5.17. The van der Waals surface area contributed by atoms with Gasteiger partial charge in [-0.1, -0.05) is 18.2 Å². The Labute approximate surface area is 118 Å². The molecule has 0 aliphatic carbocycles. The van der Waals surface area contributed by atoms with Crippen LogP contribution in [-0.2, 0) is 26.2 Å². The number of aromatic nitrogens is 2. The van der Waals surface area contributed by atoms with Gasteiger partial charge in [-0.05, 0) is 23.6 Å². The Kier molecular flexibility index (Phi) is 3.52. The van der Waals surface area contributed by atoms with E-state index in [4.69, 9.17) is 0 Å². The van der Waals surface area contributed by atoms with Crippen LogP contribution in [-0.4, -0.2) is 15.7 Å².